The molecule has 0 fully saturated rings. The van der Waals surface area contributed by atoms with Gasteiger partial charge in [0.05, 0.1) is 12.1 Å². The van der Waals surface area contributed by atoms with Crippen LogP contribution in [0.2, 0.25) is 5.02 Å². The van der Waals surface area contributed by atoms with E-state index in [-0.39, 0.29) is 0 Å². The first kappa shape index (κ1) is 12.2. The van der Waals surface area contributed by atoms with E-state index in [1.54, 1.807) is 18.5 Å². The Morgan fingerprint density at radius 2 is 2.06 bits per heavy atom. The number of aromatic nitrogens is 1. The highest BCUT2D eigenvalue weighted by Gasteiger charge is 2.06. The van der Waals surface area contributed by atoms with Crippen LogP contribution in [0.1, 0.15) is 11.1 Å². The van der Waals surface area contributed by atoms with E-state index in [4.69, 9.17) is 27.9 Å². The number of halogens is 2. The molecule has 2 nitrogen and oxygen atoms in total. The number of benzene rings is 1. The van der Waals surface area contributed by atoms with E-state index in [9.17, 15) is 0 Å². The van der Waals surface area contributed by atoms with Gasteiger partial charge in [-0.25, -0.2) is 0 Å². The van der Waals surface area contributed by atoms with Crippen molar-refractivity contribution in [1.29, 1.82) is 0 Å². The van der Waals surface area contributed by atoms with E-state index < -0.39 is 0 Å². The van der Waals surface area contributed by atoms with Crippen LogP contribution in [0.25, 0.3) is 0 Å². The highest BCUT2D eigenvalue weighted by Crippen LogP contribution is 2.29. The summed E-state index contributed by atoms with van der Waals surface area (Å²) in [6.45, 7) is 1.94. The van der Waals surface area contributed by atoms with Crippen molar-refractivity contribution < 1.29 is 4.74 Å². The van der Waals surface area contributed by atoms with E-state index in [0.29, 0.717) is 16.7 Å². The molecule has 1 aromatic heterocycles. The molecule has 0 radical (unpaired) electrons. The van der Waals surface area contributed by atoms with Crippen molar-refractivity contribution in [3.8, 4) is 11.5 Å². The predicted molar refractivity (Wildman–Crippen MR) is 70.1 cm³/mol. The molecule has 2 rings (SSSR count). The molecule has 0 aliphatic heterocycles. The minimum Gasteiger partial charge on any atom is -0.455 e. The second-order valence-electron chi connectivity index (χ2n) is 3.63. The summed E-state index contributed by atoms with van der Waals surface area (Å²) in [7, 11) is 0. The number of alkyl halides is 1. The number of pyridine rings is 1. The zero-order chi connectivity index (χ0) is 12.3. The highest BCUT2D eigenvalue weighted by molar-refractivity contribution is 6.30. The average Bonchev–Trinajstić information content (AvgIpc) is 2.33. The number of aryl methyl sites for hydroxylation is 1. The molecule has 0 aliphatic rings. The number of hydrogen-bond acceptors (Lipinski definition) is 2. The fourth-order valence-electron chi connectivity index (χ4n) is 1.46. The average molecular weight is 268 g/mol. The molecule has 0 N–H and O–H groups in total. The molecule has 17 heavy (non-hydrogen) atoms. The maximum atomic E-state index is 5.89. The summed E-state index contributed by atoms with van der Waals surface area (Å²) in [5.41, 5.74) is 1.89. The van der Waals surface area contributed by atoms with E-state index >= 15 is 0 Å². The lowest BCUT2D eigenvalue weighted by Crippen LogP contribution is -1.92. The second-order valence-corrected chi connectivity index (χ2v) is 4.33. The zero-order valence-electron chi connectivity index (χ0n) is 9.28. The molecule has 0 saturated carbocycles. The molecule has 0 spiro atoms. The minimum absolute atomic E-state index is 0.393. The summed E-state index contributed by atoms with van der Waals surface area (Å²) in [5, 5.41) is 0.693. The van der Waals surface area contributed by atoms with Crippen molar-refractivity contribution in [2.75, 3.05) is 0 Å². The quantitative estimate of drug-likeness (QED) is 0.760. The molecule has 88 valence electrons. The van der Waals surface area contributed by atoms with Crippen LogP contribution in [0.15, 0.2) is 36.7 Å². The van der Waals surface area contributed by atoms with Gasteiger partial charge in [-0.3, -0.25) is 4.98 Å². The summed E-state index contributed by atoms with van der Waals surface area (Å²) in [4.78, 5) is 4.03. The monoisotopic (exact) mass is 267 g/mol. The van der Waals surface area contributed by atoms with Crippen LogP contribution in [0, 0.1) is 6.92 Å². The van der Waals surface area contributed by atoms with Crippen LogP contribution in [0.3, 0.4) is 0 Å². The lowest BCUT2D eigenvalue weighted by Gasteiger charge is -2.11. The molecule has 1 aromatic carbocycles. The topological polar surface area (TPSA) is 22.1 Å². The molecule has 2 aromatic rings. The van der Waals surface area contributed by atoms with Crippen molar-refractivity contribution in [3.05, 3.63) is 52.8 Å². The smallest absolute Gasteiger partial charge is 0.150 e. The Morgan fingerprint density at radius 3 is 2.76 bits per heavy atom. The molecule has 0 amide bonds. The summed E-state index contributed by atoms with van der Waals surface area (Å²) in [6, 6.07) is 7.32. The Kier molecular flexibility index (Phi) is 3.87. The summed E-state index contributed by atoms with van der Waals surface area (Å²) in [6.07, 6.45) is 3.35. The van der Waals surface area contributed by atoms with Crippen LogP contribution < -0.4 is 4.74 Å². The lowest BCUT2D eigenvalue weighted by molar-refractivity contribution is 0.472. The third kappa shape index (κ3) is 2.90. The van der Waals surface area contributed by atoms with Gasteiger partial charge >= 0.3 is 0 Å². The Morgan fingerprint density at radius 1 is 1.24 bits per heavy atom. The molecule has 0 saturated heterocycles. The number of nitrogens with zero attached hydrogens (tertiary/aromatic N) is 1. The van der Waals surface area contributed by atoms with Crippen LogP contribution in [-0.4, -0.2) is 4.98 Å². The van der Waals surface area contributed by atoms with E-state index in [2.05, 4.69) is 4.98 Å². The third-order valence-corrected chi connectivity index (χ3v) is 2.89. The standard InChI is InChI=1S/C13H11Cl2NO/c1-9-6-11(15)2-3-12(9)17-13-8-16-5-4-10(13)7-14/h2-6,8H,7H2,1H3. The fraction of sp³-hybridized carbons (Fsp3) is 0.154. The molecule has 0 atom stereocenters. The van der Waals surface area contributed by atoms with E-state index in [1.807, 2.05) is 25.1 Å². The molecule has 4 heteroatoms. The van der Waals surface area contributed by atoms with Crippen molar-refractivity contribution in [2.45, 2.75) is 12.8 Å². The molecular weight excluding hydrogens is 257 g/mol. The first-order chi connectivity index (χ1) is 8.20. The largest absolute Gasteiger partial charge is 0.455 e. The normalized spacial score (nSPS) is 10.3. The Hall–Kier alpha value is -1.25. The molecule has 0 unspecified atom stereocenters. The van der Waals surface area contributed by atoms with Gasteiger partial charge in [-0.1, -0.05) is 11.6 Å². The van der Waals surface area contributed by atoms with Gasteiger partial charge in [0.15, 0.2) is 0 Å². The van der Waals surface area contributed by atoms with Gasteiger partial charge in [-0.2, -0.15) is 0 Å². The number of rotatable bonds is 3. The van der Waals surface area contributed by atoms with Crippen LogP contribution in [0.4, 0.5) is 0 Å². The Labute approximate surface area is 110 Å². The summed E-state index contributed by atoms with van der Waals surface area (Å²) >= 11 is 11.7. The van der Waals surface area contributed by atoms with Crippen LogP contribution in [0.5, 0.6) is 11.5 Å². The summed E-state index contributed by atoms with van der Waals surface area (Å²) in [5.74, 6) is 1.83. The zero-order valence-corrected chi connectivity index (χ0v) is 10.8. The van der Waals surface area contributed by atoms with Crippen molar-refractivity contribution in [3.63, 3.8) is 0 Å². The Balaban J connectivity index is 2.31. The van der Waals surface area contributed by atoms with Gasteiger partial charge in [-0.05, 0) is 36.8 Å². The Bertz CT molecular complexity index is 529. The van der Waals surface area contributed by atoms with Gasteiger partial charge in [0.1, 0.15) is 11.5 Å². The van der Waals surface area contributed by atoms with Gasteiger partial charge in [0, 0.05) is 16.8 Å². The molecule has 1 heterocycles. The SMILES string of the molecule is Cc1cc(Cl)ccc1Oc1cnccc1CCl. The van der Waals surface area contributed by atoms with Crippen molar-refractivity contribution >= 4 is 23.2 Å². The van der Waals surface area contributed by atoms with E-state index in [0.717, 1.165) is 16.9 Å². The van der Waals surface area contributed by atoms with E-state index in [1.165, 1.54) is 0 Å². The first-order valence-electron chi connectivity index (χ1n) is 5.13. The van der Waals surface area contributed by atoms with Crippen LogP contribution >= 0.6 is 23.2 Å². The van der Waals surface area contributed by atoms with Crippen molar-refractivity contribution in [1.82, 2.24) is 4.98 Å². The minimum atomic E-state index is 0.393. The number of ether oxygens (including phenoxy) is 1. The first-order valence-corrected chi connectivity index (χ1v) is 6.05. The second kappa shape index (κ2) is 5.39. The van der Waals surface area contributed by atoms with Gasteiger partial charge in [-0.15, -0.1) is 11.6 Å². The summed E-state index contributed by atoms with van der Waals surface area (Å²) < 4.78 is 5.78. The van der Waals surface area contributed by atoms with Gasteiger partial charge in [0.25, 0.3) is 0 Å². The van der Waals surface area contributed by atoms with Crippen molar-refractivity contribution in [2.24, 2.45) is 0 Å². The molecule has 0 bridgehead atoms. The van der Waals surface area contributed by atoms with Crippen LogP contribution in [-0.2, 0) is 5.88 Å². The molecule has 0 aliphatic carbocycles. The lowest BCUT2D eigenvalue weighted by atomic mass is 10.2. The number of hydrogen-bond donors (Lipinski definition) is 0. The van der Waals surface area contributed by atoms with Gasteiger partial charge < -0.3 is 4.74 Å². The molecular formula is C13H11Cl2NO. The predicted octanol–water partition coefficient (Wildman–Crippen LogP) is 4.57. The maximum absolute atomic E-state index is 5.89. The highest BCUT2D eigenvalue weighted by atomic mass is 35.5. The third-order valence-electron chi connectivity index (χ3n) is 2.37. The maximum Gasteiger partial charge on any atom is 0.150 e. The fourth-order valence-corrected chi connectivity index (χ4v) is 1.90. The van der Waals surface area contributed by atoms with Gasteiger partial charge in [0.2, 0.25) is 0 Å².